The summed E-state index contributed by atoms with van der Waals surface area (Å²) in [6.45, 7) is 1.51. The monoisotopic (exact) mass is 386 g/mol. The molecular formula is C23H18N2O2S. The number of thiazole rings is 1. The molecule has 0 fully saturated rings. The Morgan fingerprint density at radius 3 is 2.39 bits per heavy atom. The van der Waals surface area contributed by atoms with Crippen LogP contribution in [-0.4, -0.2) is 16.7 Å². The Labute approximate surface area is 166 Å². The third kappa shape index (κ3) is 3.85. The highest BCUT2D eigenvalue weighted by Crippen LogP contribution is 2.31. The van der Waals surface area contributed by atoms with E-state index >= 15 is 0 Å². The second-order valence-electron chi connectivity index (χ2n) is 6.53. The van der Waals surface area contributed by atoms with Crippen LogP contribution in [0.4, 0.5) is 5.13 Å². The number of hydrogen-bond donors (Lipinski definition) is 1. The van der Waals surface area contributed by atoms with Gasteiger partial charge in [-0.15, -0.1) is 0 Å². The third-order valence-corrected chi connectivity index (χ3v) is 5.49. The van der Waals surface area contributed by atoms with Crippen molar-refractivity contribution >= 4 is 38.9 Å². The molecule has 4 aromatic rings. The highest BCUT2D eigenvalue weighted by atomic mass is 32.1. The molecule has 5 heteroatoms. The molecule has 1 heterocycles. The molecule has 0 aliphatic heterocycles. The molecule has 0 radical (unpaired) electrons. The topological polar surface area (TPSA) is 59.1 Å². The molecule has 0 saturated carbocycles. The largest absolute Gasteiger partial charge is 0.302 e. The first-order chi connectivity index (χ1) is 13.6. The van der Waals surface area contributed by atoms with Gasteiger partial charge >= 0.3 is 0 Å². The van der Waals surface area contributed by atoms with E-state index in [0.717, 1.165) is 21.9 Å². The number of carbonyl (C=O) groups is 2. The molecule has 0 saturated heterocycles. The summed E-state index contributed by atoms with van der Waals surface area (Å²) in [6.07, 6.45) is 0.250. The number of nitrogens with zero attached hydrogens (tertiary/aromatic N) is 1. The van der Waals surface area contributed by atoms with Crippen LogP contribution in [0.3, 0.4) is 0 Å². The molecule has 28 heavy (non-hydrogen) atoms. The standard InChI is InChI=1S/C23H18N2O2S/c1-15(26)22-21(18-8-3-2-4-9-18)25-23(28-22)24-20(27)14-16-11-12-17-7-5-6-10-19(17)13-16/h2-13H,14H2,1H3,(H,24,25,27). The fourth-order valence-corrected chi connectivity index (χ4v) is 4.00. The molecule has 138 valence electrons. The molecule has 4 rings (SSSR count). The Balaban J connectivity index is 1.54. The van der Waals surface area contributed by atoms with Crippen LogP contribution in [0, 0.1) is 0 Å². The van der Waals surface area contributed by atoms with Gasteiger partial charge in [0.15, 0.2) is 10.9 Å². The van der Waals surface area contributed by atoms with Gasteiger partial charge < -0.3 is 5.32 Å². The second kappa shape index (κ2) is 7.74. The maximum absolute atomic E-state index is 12.5. The predicted molar refractivity (Wildman–Crippen MR) is 114 cm³/mol. The van der Waals surface area contributed by atoms with Crippen LogP contribution >= 0.6 is 11.3 Å². The summed E-state index contributed by atoms with van der Waals surface area (Å²) in [4.78, 5) is 29.6. The van der Waals surface area contributed by atoms with E-state index in [1.54, 1.807) is 0 Å². The number of ketones is 1. The molecule has 1 aromatic heterocycles. The lowest BCUT2D eigenvalue weighted by atomic mass is 10.1. The molecule has 0 bridgehead atoms. The van der Waals surface area contributed by atoms with Gasteiger partial charge in [0.1, 0.15) is 0 Å². The van der Waals surface area contributed by atoms with Crippen LogP contribution in [0.1, 0.15) is 22.2 Å². The summed E-state index contributed by atoms with van der Waals surface area (Å²) in [7, 11) is 0. The van der Waals surface area contributed by atoms with Crippen molar-refractivity contribution in [3.63, 3.8) is 0 Å². The van der Waals surface area contributed by atoms with Gasteiger partial charge in [0, 0.05) is 12.5 Å². The first-order valence-electron chi connectivity index (χ1n) is 8.95. The van der Waals surface area contributed by atoms with Crippen molar-refractivity contribution in [2.24, 2.45) is 0 Å². The number of anilines is 1. The number of hydrogen-bond acceptors (Lipinski definition) is 4. The third-order valence-electron chi connectivity index (χ3n) is 4.42. The molecule has 1 N–H and O–H groups in total. The molecule has 0 unspecified atom stereocenters. The van der Waals surface area contributed by atoms with Crippen molar-refractivity contribution in [2.75, 3.05) is 5.32 Å². The first kappa shape index (κ1) is 18.1. The lowest BCUT2D eigenvalue weighted by Gasteiger charge is -2.04. The van der Waals surface area contributed by atoms with Crippen LogP contribution in [0.2, 0.25) is 0 Å². The van der Waals surface area contributed by atoms with E-state index in [9.17, 15) is 9.59 Å². The van der Waals surface area contributed by atoms with Gasteiger partial charge in [-0.1, -0.05) is 84.1 Å². The minimum atomic E-state index is -0.154. The van der Waals surface area contributed by atoms with E-state index in [1.807, 2.05) is 72.8 Å². The number of rotatable bonds is 5. The quantitative estimate of drug-likeness (QED) is 0.471. The lowest BCUT2D eigenvalue weighted by Crippen LogP contribution is -2.14. The number of carbonyl (C=O) groups excluding carboxylic acids is 2. The number of nitrogens with one attached hydrogen (secondary N) is 1. The Kier molecular flexibility index (Phi) is 5.00. The van der Waals surface area contributed by atoms with Crippen molar-refractivity contribution in [1.82, 2.24) is 4.98 Å². The maximum atomic E-state index is 12.5. The molecule has 0 aliphatic carbocycles. The van der Waals surface area contributed by atoms with Crippen molar-refractivity contribution in [1.29, 1.82) is 0 Å². The van der Waals surface area contributed by atoms with Crippen molar-refractivity contribution in [2.45, 2.75) is 13.3 Å². The molecule has 0 atom stereocenters. The van der Waals surface area contributed by atoms with Crippen molar-refractivity contribution in [3.8, 4) is 11.3 Å². The van der Waals surface area contributed by atoms with Crippen molar-refractivity contribution < 1.29 is 9.59 Å². The number of aromatic nitrogens is 1. The van der Waals surface area contributed by atoms with Crippen LogP contribution < -0.4 is 5.32 Å². The van der Waals surface area contributed by atoms with Gasteiger partial charge in [-0.05, 0) is 16.3 Å². The van der Waals surface area contributed by atoms with Crippen LogP contribution in [-0.2, 0) is 11.2 Å². The zero-order valence-electron chi connectivity index (χ0n) is 15.3. The summed E-state index contributed by atoms with van der Waals surface area (Å²) in [5.41, 5.74) is 2.40. The Bertz CT molecular complexity index is 1170. The fourth-order valence-electron chi connectivity index (χ4n) is 3.10. The number of fused-ring (bicyclic) bond motifs is 1. The summed E-state index contributed by atoms with van der Waals surface area (Å²) >= 11 is 1.21. The fraction of sp³-hybridized carbons (Fsp3) is 0.0870. The highest BCUT2D eigenvalue weighted by molar-refractivity contribution is 7.18. The van der Waals surface area contributed by atoms with Gasteiger partial charge in [-0.25, -0.2) is 4.98 Å². The van der Waals surface area contributed by atoms with Crippen LogP contribution in [0.25, 0.3) is 22.0 Å². The SMILES string of the molecule is CC(=O)c1sc(NC(=O)Cc2ccc3ccccc3c2)nc1-c1ccccc1. The van der Waals surface area contributed by atoms with Gasteiger partial charge in [0.25, 0.3) is 0 Å². The van der Waals surface area contributed by atoms with E-state index in [0.29, 0.717) is 15.7 Å². The summed E-state index contributed by atoms with van der Waals surface area (Å²) < 4.78 is 0. The van der Waals surface area contributed by atoms with Crippen molar-refractivity contribution in [3.05, 3.63) is 83.2 Å². The van der Waals surface area contributed by atoms with E-state index < -0.39 is 0 Å². The summed E-state index contributed by atoms with van der Waals surface area (Å²) in [5.74, 6) is -0.217. The average molecular weight is 386 g/mol. The van der Waals surface area contributed by atoms with E-state index in [2.05, 4.69) is 10.3 Å². The highest BCUT2D eigenvalue weighted by Gasteiger charge is 2.18. The number of benzene rings is 3. The predicted octanol–water partition coefficient (Wildman–Crippen LogP) is 5.35. The molecule has 3 aromatic carbocycles. The van der Waals surface area contributed by atoms with Crippen LogP contribution in [0.15, 0.2) is 72.8 Å². The molecule has 4 nitrogen and oxygen atoms in total. The molecule has 0 spiro atoms. The molecule has 1 amide bonds. The van der Waals surface area contributed by atoms with Crippen LogP contribution in [0.5, 0.6) is 0 Å². The Hall–Kier alpha value is -3.31. The molecule has 0 aliphatic rings. The smallest absolute Gasteiger partial charge is 0.230 e. The lowest BCUT2D eigenvalue weighted by molar-refractivity contribution is -0.115. The normalized spacial score (nSPS) is 10.8. The first-order valence-corrected chi connectivity index (χ1v) is 9.76. The van der Waals surface area contributed by atoms with Gasteiger partial charge in [0.05, 0.1) is 17.0 Å². The van der Waals surface area contributed by atoms with E-state index in [4.69, 9.17) is 0 Å². The Morgan fingerprint density at radius 2 is 1.64 bits per heavy atom. The number of amides is 1. The van der Waals surface area contributed by atoms with E-state index in [1.165, 1.54) is 18.3 Å². The second-order valence-corrected chi connectivity index (χ2v) is 7.52. The van der Waals surface area contributed by atoms with E-state index in [-0.39, 0.29) is 18.1 Å². The number of Topliss-reactive ketones (excluding diaryl/α,β-unsaturated/α-hetero) is 1. The van der Waals surface area contributed by atoms with Gasteiger partial charge in [-0.2, -0.15) is 0 Å². The maximum Gasteiger partial charge on any atom is 0.230 e. The zero-order valence-corrected chi connectivity index (χ0v) is 16.1. The summed E-state index contributed by atoms with van der Waals surface area (Å²) in [6, 6.07) is 23.6. The van der Waals surface area contributed by atoms with Gasteiger partial charge in [0.2, 0.25) is 5.91 Å². The minimum Gasteiger partial charge on any atom is -0.302 e. The average Bonchev–Trinajstić information content (AvgIpc) is 3.12. The molecular weight excluding hydrogens is 368 g/mol. The zero-order chi connectivity index (χ0) is 19.5. The van der Waals surface area contributed by atoms with Gasteiger partial charge in [-0.3, -0.25) is 9.59 Å². The minimum absolute atomic E-state index is 0.0635. The summed E-state index contributed by atoms with van der Waals surface area (Å²) in [5, 5.41) is 5.53. The Morgan fingerprint density at radius 1 is 0.929 bits per heavy atom.